The number of carbonyl (C=O) groups is 3. The van der Waals surface area contributed by atoms with Crippen LogP contribution in [0.3, 0.4) is 0 Å². The summed E-state index contributed by atoms with van der Waals surface area (Å²) in [5.74, 6) is -1.53. The topological polar surface area (TPSA) is 99.1 Å². The Hall–Kier alpha value is -3.13. The Balaban J connectivity index is 1.65. The number of carbonyl (C=O) groups excluding carboxylic acids is 2. The number of rotatable bonds is 5. The Labute approximate surface area is 166 Å². The zero-order valence-electron chi connectivity index (χ0n) is 15.4. The number of aryl methyl sites for hydroxylation is 1. The quantitative estimate of drug-likeness (QED) is 0.807. The number of nitrogens with one attached hydrogen (secondary N) is 1. The SMILES string of the molecule is Cc1ccccc1N=C1S[C@H](CC(=O)Nc2ccc(C(=O)O)cc2)C(=O)N1C. The molecule has 1 atom stereocenters. The third kappa shape index (κ3) is 4.40. The normalized spacial score (nSPS) is 17.8. The van der Waals surface area contributed by atoms with Crippen LogP contribution in [0.1, 0.15) is 22.3 Å². The lowest BCUT2D eigenvalue weighted by molar-refractivity contribution is -0.127. The van der Waals surface area contributed by atoms with Gasteiger partial charge in [-0.15, -0.1) is 0 Å². The minimum atomic E-state index is -1.03. The number of thioether (sulfide) groups is 1. The van der Waals surface area contributed by atoms with Gasteiger partial charge >= 0.3 is 5.97 Å². The lowest BCUT2D eigenvalue weighted by Gasteiger charge is -2.09. The Kier molecular flexibility index (Phi) is 5.79. The summed E-state index contributed by atoms with van der Waals surface area (Å²) in [6.07, 6.45) is 0.00130. The fraction of sp³-hybridized carbons (Fsp3) is 0.200. The van der Waals surface area contributed by atoms with Crippen LogP contribution in [0.4, 0.5) is 11.4 Å². The number of carboxylic acid groups (broad SMARTS) is 1. The average molecular weight is 397 g/mol. The van der Waals surface area contributed by atoms with Crippen molar-refractivity contribution in [2.75, 3.05) is 12.4 Å². The highest BCUT2D eigenvalue weighted by Crippen LogP contribution is 2.31. The summed E-state index contributed by atoms with van der Waals surface area (Å²) >= 11 is 1.26. The molecule has 144 valence electrons. The molecule has 2 aromatic carbocycles. The summed E-state index contributed by atoms with van der Waals surface area (Å²) in [5.41, 5.74) is 2.40. The number of aliphatic imine (C=N–C) groups is 1. The first-order chi connectivity index (χ1) is 13.3. The maximum atomic E-state index is 12.5. The molecule has 1 heterocycles. The van der Waals surface area contributed by atoms with Gasteiger partial charge in [0.15, 0.2) is 5.17 Å². The van der Waals surface area contributed by atoms with Crippen LogP contribution < -0.4 is 5.32 Å². The first kappa shape index (κ1) is 19.6. The fourth-order valence-electron chi connectivity index (χ4n) is 2.67. The number of hydrogen-bond acceptors (Lipinski definition) is 5. The third-order valence-corrected chi connectivity index (χ3v) is 5.49. The van der Waals surface area contributed by atoms with Crippen LogP contribution in [-0.4, -0.2) is 45.3 Å². The molecule has 0 aliphatic carbocycles. The molecule has 1 aliphatic heterocycles. The second-order valence-corrected chi connectivity index (χ2v) is 7.49. The third-order valence-electron chi connectivity index (χ3n) is 4.26. The van der Waals surface area contributed by atoms with E-state index >= 15 is 0 Å². The molecule has 2 N–H and O–H groups in total. The van der Waals surface area contributed by atoms with E-state index in [4.69, 9.17) is 5.11 Å². The van der Waals surface area contributed by atoms with E-state index in [0.29, 0.717) is 10.9 Å². The number of aromatic carboxylic acids is 1. The molecule has 8 heteroatoms. The second-order valence-electron chi connectivity index (χ2n) is 6.32. The van der Waals surface area contributed by atoms with E-state index in [9.17, 15) is 14.4 Å². The Morgan fingerprint density at radius 1 is 1.18 bits per heavy atom. The highest BCUT2D eigenvalue weighted by Gasteiger charge is 2.37. The summed E-state index contributed by atoms with van der Waals surface area (Å²) in [5, 5.41) is 11.6. The molecule has 0 spiro atoms. The van der Waals surface area contributed by atoms with Crippen molar-refractivity contribution < 1.29 is 19.5 Å². The van der Waals surface area contributed by atoms with Crippen LogP contribution in [-0.2, 0) is 9.59 Å². The van der Waals surface area contributed by atoms with Crippen molar-refractivity contribution in [3.8, 4) is 0 Å². The maximum Gasteiger partial charge on any atom is 0.335 e. The van der Waals surface area contributed by atoms with Crippen LogP contribution in [0, 0.1) is 6.92 Å². The fourth-order valence-corrected chi connectivity index (χ4v) is 3.81. The van der Waals surface area contributed by atoms with Gasteiger partial charge in [0, 0.05) is 19.2 Å². The first-order valence-electron chi connectivity index (χ1n) is 8.57. The van der Waals surface area contributed by atoms with Gasteiger partial charge in [-0.2, -0.15) is 0 Å². The van der Waals surface area contributed by atoms with Crippen molar-refractivity contribution in [1.82, 2.24) is 4.90 Å². The van der Waals surface area contributed by atoms with E-state index in [1.807, 2.05) is 31.2 Å². The number of hydrogen-bond donors (Lipinski definition) is 2. The van der Waals surface area contributed by atoms with Gasteiger partial charge in [-0.25, -0.2) is 9.79 Å². The molecule has 0 unspecified atom stereocenters. The molecule has 1 saturated heterocycles. The van der Waals surface area contributed by atoms with Gasteiger partial charge < -0.3 is 10.4 Å². The number of amidine groups is 1. The molecule has 3 rings (SSSR count). The Bertz CT molecular complexity index is 956. The molecule has 2 aromatic rings. The molecule has 0 aromatic heterocycles. The lowest BCUT2D eigenvalue weighted by atomic mass is 10.2. The number of anilines is 1. The molecule has 0 bridgehead atoms. The van der Waals surface area contributed by atoms with Crippen molar-refractivity contribution in [2.24, 2.45) is 4.99 Å². The van der Waals surface area contributed by atoms with E-state index < -0.39 is 11.2 Å². The predicted octanol–water partition coefficient (Wildman–Crippen LogP) is 3.28. The largest absolute Gasteiger partial charge is 0.478 e. The number of carboxylic acids is 1. The predicted molar refractivity (Wildman–Crippen MR) is 109 cm³/mol. The molecular weight excluding hydrogens is 378 g/mol. The van der Waals surface area contributed by atoms with Crippen LogP contribution in [0.5, 0.6) is 0 Å². The molecule has 1 aliphatic rings. The molecule has 28 heavy (non-hydrogen) atoms. The molecule has 0 radical (unpaired) electrons. The van der Waals surface area contributed by atoms with Crippen LogP contribution in [0.2, 0.25) is 0 Å². The van der Waals surface area contributed by atoms with Gasteiger partial charge in [0.2, 0.25) is 11.8 Å². The van der Waals surface area contributed by atoms with Crippen molar-refractivity contribution >= 4 is 46.1 Å². The second kappa shape index (κ2) is 8.26. The van der Waals surface area contributed by atoms with Gasteiger partial charge in [0.25, 0.3) is 0 Å². The minimum Gasteiger partial charge on any atom is -0.478 e. The maximum absolute atomic E-state index is 12.5. The van der Waals surface area contributed by atoms with E-state index in [-0.39, 0.29) is 23.8 Å². The van der Waals surface area contributed by atoms with Crippen molar-refractivity contribution in [3.63, 3.8) is 0 Å². The number of benzene rings is 2. The zero-order chi connectivity index (χ0) is 20.3. The molecule has 0 saturated carbocycles. The molecule has 1 fully saturated rings. The summed E-state index contributed by atoms with van der Waals surface area (Å²) in [6.45, 7) is 1.95. The monoisotopic (exact) mass is 397 g/mol. The zero-order valence-corrected chi connectivity index (χ0v) is 16.2. The van der Waals surface area contributed by atoms with E-state index in [2.05, 4.69) is 10.3 Å². The van der Waals surface area contributed by atoms with Crippen molar-refractivity contribution in [1.29, 1.82) is 0 Å². The number of para-hydroxylation sites is 1. The minimum absolute atomic E-state index is 0.00130. The summed E-state index contributed by atoms with van der Waals surface area (Å²) in [7, 11) is 1.65. The van der Waals surface area contributed by atoms with Gasteiger partial charge in [-0.1, -0.05) is 30.0 Å². The first-order valence-corrected chi connectivity index (χ1v) is 9.45. The number of nitrogens with zero attached hydrogens (tertiary/aromatic N) is 2. The van der Waals surface area contributed by atoms with E-state index in [0.717, 1.165) is 11.3 Å². The van der Waals surface area contributed by atoms with Crippen molar-refractivity contribution in [2.45, 2.75) is 18.6 Å². The number of amides is 2. The average Bonchev–Trinajstić information content (AvgIpc) is 2.92. The molecule has 7 nitrogen and oxygen atoms in total. The Morgan fingerprint density at radius 2 is 1.86 bits per heavy atom. The van der Waals surface area contributed by atoms with Crippen LogP contribution in [0.15, 0.2) is 53.5 Å². The highest BCUT2D eigenvalue weighted by molar-refractivity contribution is 8.15. The van der Waals surface area contributed by atoms with Gasteiger partial charge in [0.1, 0.15) is 5.25 Å². The summed E-state index contributed by atoms with van der Waals surface area (Å²) in [4.78, 5) is 41.7. The van der Waals surface area contributed by atoms with Gasteiger partial charge in [0.05, 0.1) is 11.3 Å². The summed E-state index contributed by atoms with van der Waals surface area (Å²) < 4.78 is 0. The van der Waals surface area contributed by atoms with Gasteiger partial charge in [-0.3, -0.25) is 14.5 Å². The van der Waals surface area contributed by atoms with Gasteiger partial charge in [-0.05, 0) is 42.8 Å². The van der Waals surface area contributed by atoms with Crippen LogP contribution in [0.25, 0.3) is 0 Å². The standard InChI is InChI=1S/C20H19N3O4S/c1-12-5-3-4-6-15(12)22-20-23(2)18(25)16(28-20)11-17(24)21-14-9-7-13(8-10-14)19(26)27/h3-10,16H,11H2,1-2H3,(H,21,24)(H,26,27)/t16-/m1/s1. The lowest BCUT2D eigenvalue weighted by Crippen LogP contribution is -2.30. The van der Waals surface area contributed by atoms with Crippen LogP contribution >= 0.6 is 11.8 Å². The Morgan fingerprint density at radius 3 is 2.50 bits per heavy atom. The smallest absolute Gasteiger partial charge is 0.335 e. The highest BCUT2D eigenvalue weighted by atomic mass is 32.2. The summed E-state index contributed by atoms with van der Waals surface area (Å²) in [6, 6.07) is 13.5. The molecular formula is C20H19N3O4S. The molecule has 2 amide bonds. The van der Waals surface area contributed by atoms with E-state index in [1.54, 1.807) is 7.05 Å². The van der Waals surface area contributed by atoms with Crippen molar-refractivity contribution in [3.05, 3.63) is 59.7 Å². The van der Waals surface area contributed by atoms with E-state index in [1.165, 1.54) is 40.9 Å².